The lowest BCUT2D eigenvalue weighted by Crippen LogP contribution is -2.03. The van der Waals surface area contributed by atoms with Gasteiger partial charge in [0.2, 0.25) is 0 Å². The van der Waals surface area contributed by atoms with Gasteiger partial charge in [0.25, 0.3) is 0 Å². The van der Waals surface area contributed by atoms with Crippen molar-refractivity contribution in [2.24, 2.45) is 0 Å². The summed E-state index contributed by atoms with van der Waals surface area (Å²) >= 11 is 1.76. The van der Waals surface area contributed by atoms with Crippen molar-refractivity contribution in [3.8, 4) is 0 Å². The third-order valence-electron chi connectivity index (χ3n) is 2.94. The first-order valence-corrected chi connectivity index (χ1v) is 8.13. The summed E-state index contributed by atoms with van der Waals surface area (Å²) in [4.78, 5) is 11.9. The fourth-order valence-corrected chi connectivity index (χ4v) is 2.75. The van der Waals surface area contributed by atoms with Crippen molar-refractivity contribution >= 4 is 17.5 Å². The first-order chi connectivity index (χ1) is 8.77. The number of hydrogen-bond acceptors (Lipinski definition) is 2. The minimum absolute atomic E-state index is 0.263. The van der Waals surface area contributed by atoms with Gasteiger partial charge in [0, 0.05) is 5.56 Å². The minimum atomic E-state index is 0.263. The molecule has 0 saturated carbocycles. The smallest absolute Gasteiger partial charge is 0.172 e. The molecule has 0 bridgehead atoms. The molecule has 0 spiro atoms. The van der Waals surface area contributed by atoms with E-state index in [4.69, 9.17) is 0 Å². The van der Waals surface area contributed by atoms with Crippen molar-refractivity contribution in [3.63, 3.8) is 0 Å². The second-order valence-corrected chi connectivity index (χ2v) is 5.73. The predicted molar refractivity (Wildman–Crippen MR) is 81.6 cm³/mol. The zero-order valence-corrected chi connectivity index (χ0v) is 12.4. The summed E-state index contributed by atoms with van der Waals surface area (Å²) in [6.45, 7) is 4.37. The summed E-state index contributed by atoms with van der Waals surface area (Å²) < 4.78 is 0. The van der Waals surface area contributed by atoms with Gasteiger partial charge in [0.05, 0.1) is 5.75 Å². The molecule has 18 heavy (non-hydrogen) atoms. The van der Waals surface area contributed by atoms with Gasteiger partial charge in [-0.05, 0) is 24.2 Å². The Morgan fingerprint density at radius 3 is 2.39 bits per heavy atom. The second kappa shape index (κ2) is 9.21. The van der Waals surface area contributed by atoms with Gasteiger partial charge in [-0.15, -0.1) is 0 Å². The molecule has 0 atom stereocenters. The molecular weight excluding hydrogens is 240 g/mol. The standard InChI is InChI=1S/C16H24OS/c1-3-5-6-12-18-13-16(17)15-10-8-14(7-4-2)9-11-15/h8-11H,3-7,12-13H2,1-2H3. The van der Waals surface area contributed by atoms with Crippen molar-refractivity contribution in [1.29, 1.82) is 0 Å². The average molecular weight is 264 g/mol. The third kappa shape index (κ3) is 5.72. The predicted octanol–water partition coefficient (Wildman–Crippen LogP) is 4.75. The Bertz CT molecular complexity index is 343. The fraction of sp³-hybridized carbons (Fsp3) is 0.562. The molecule has 2 heteroatoms. The Morgan fingerprint density at radius 2 is 1.78 bits per heavy atom. The van der Waals surface area contributed by atoms with Crippen LogP contribution < -0.4 is 0 Å². The van der Waals surface area contributed by atoms with Gasteiger partial charge < -0.3 is 0 Å². The minimum Gasteiger partial charge on any atom is -0.293 e. The van der Waals surface area contributed by atoms with Crippen molar-refractivity contribution in [1.82, 2.24) is 0 Å². The lowest BCUT2D eigenvalue weighted by molar-refractivity contribution is 0.102. The van der Waals surface area contributed by atoms with E-state index in [9.17, 15) is 4.79 Å². The van der Waals surface area contributed by atoms with Gasteiger partial charge >= 0.3 is 0 Å². The molecule has 1 rings (SSSR count). The van der Waals surface area contributed by atoms with Crippen LogP contribution in [0.15, 0.2) is 24.3 Å². The summed E-state index contributed by atoms with van der Waals surface area (Å²) in [5, 5.41) is 0. The van der Waals surface area contributed by atoms with E-state index in [0.29, 0.717) is 5.75 Å². The highest BCUT2D eigenvalue weighted by Crippen LogP contribution is 2.12. The molecule has 0 amide bonds. The zero-order chi connectivity index (χ0) is 13.2. The number of Topliss-reactive ketones (excluding diaryl/α,β-unsaturated/α-hetero) is 1. The van der Waals surface area contributed by atoms with Crippen LogP contribution in [0.25, 0.3) is 0 Å². The Balaban J connectivity index is 2.32. The molecule has 1 aromatic rings. The highest BCUT2D eigenvalue weighted by atomic mass is 32.2. The molecule has 0 heterocycles. The van der Waals surface area contributed by atoms with Crippen LogP contribution in [0.4, 0.5) is 0 Å². The largest absolute Gasteiger partial charge is 0.293 e. The molecule has 1 aromatic carbocycles. The van der Waals surface area contributed by atoms with Crippen molar-refractivity contribution in [2.75, 3.05) is 11.5 Å². The number of thioether (sulfide) groups is 1. The molecule has 1 nitrogen and oxygen atoms in total. The molecule has 0 saturated heterocycles. The van der Waals surface area contributed by atoms with Gasteiger partial charge in [0.15, 0.2) is 5.78 Å². The molecule has 0 aromatic heterocycles. The van der Waals surface area contributed by atoms with Gasteiger partial charge in [-0.25, -0.2) is 0 Å². The quantitative estimate of drug-likeness (QED) is 0.473. The fourth-order valence-electron chi connectivity index (χ4n) is 1.85. The van der Waals surface area contributed by atoms with Crippen LogP contribution in [-0.4, -0.2) is 17.3 Å². The lowest BCUT2D eigenvalue weighted by atomic mass is 10.1. The summed E-state index contributed by atoms with van der Waals surface area (Å²) in [6, 6.07) is 8.11. The van der Waals surface area contributed by atoms with E-state index in [0.717, 1.165) is 24.2 Å². The summed E-state index contributed by atoms with van der Waals surface area (Å²) in [5.41, 5.74) is 2.18. The molecular formula is C16H24OS. The molecule has 0 N–H and O–H groups in total. The molecule has 0 radical (unpaired) electrons. The van der Waals surface area contributed by atoms with E-state index in [1.807, 2.05) is 12.1 Å². The van der Waals surface area contributed by atoms with Crippen LogP contribution >= 0.6 is 11.8 Å². The summed E-state index contributed by atoms with van der Waals surface area (Å²) in [7, 11) is 0. The maximum atomic E-state index is 11.9. The monoisotopic (exact) mass is 264 g/mol. The Labute approximate surface area is 115 Å². The summed E-state index contributed by atoms with van der Waals surface area (Å²) in [5.74, 6) is 1.99. The van der Waals surface area contributed by atoms with Crippen molar-refractivity contribution in [3.05, 3.63) is 35.4 Å². The summed E-state index contributed by atoms with van der Waals surface area (Å²) in [6.07, 6.45) is 5.99. The number of benzene rings is 1. The number of hydrogen-bond donors (Lipinski definition) is 0. The SMILES string of the molecule is CCCCCSCC(=O)c1ccc(CCC)cc1. The van der Waals surface area contributed by atoms with Crippen LogP contribution in [-0.2, 0) is 6.42 Å². The number of ketones is 1. The Morgan fingerprint density at radius 1 is 1.06 bits per heavy atom. The Hall–Kier alpha value is -0.760. The average Bonchev–Trinajstić information content (AvgIpc) is 2.39. The zero-order valence-electron chi connectivity index (χ0n) is 11.6. The van der Waals surface area contributed by atoms with E-state index in [1.54, 1.807) is 11.8 Å². The molecule has 0 fully saturated rings. The Kier molecular flexibility index (Phi) is 7.83. The molecule has 100 valence electrons. The van der Waals surface area contributed by atoms with Gasteiger partial charge in [-0.1, -0.05) is 57.4 Å². The molecule has 0 aliphatic carbocycles. The highest BCUT2D eigenvalue weighted by molar-refractivity contribution is 7.99. The van der Waals surface area contributed by atoms with Crippen molar-refractivity contribution < 1.29 is 4.79 Å². The van der Waals surface area contributed by atoms with E-state index in [1.165, 1.54) is 24.8 Å². The van der Waals surface area contributed by atoms with Crippen LogP contribution in [0.1, 0.15) is 55.5 Å². The van der Waals surface area contributed by atoms with Crippen LogP contribution in [0, 0.1) is 0 Å². The highest BCUT2D eigenvalue weighted by Gasteiger charge is 2.05. The van der Waals surface area contributed by atoms with Crippen LogP contribution in [0.2, 0.25) is 0 Å². The van der Waals surface area contributed by atoms with Gasteiger partial charge in [-0.3, -0.25) is 4.79 Å². The van der Waals surface area contributed by atoms with Gasteiger partial charge in [0.1, 0.15) is 0 Å². The van der Waals surface area contributed by atoms with Crippen LogP contribution in [0.3, 0.4) is 0 Å². The van der Waals surface area contributed by atoms with E-state index >= 15 is 0 Å². The third-order valence-corrected chi connectivity index (χ3v) is 3.98. The number of carbonyl (C=O) groups is 1. The molecule has 0 aliphatic rings. The number of carbonyl (C=O) groups excluding carboxylic acids is 1. The normalized spacial score (nSPS) is 10.6. The molecule has 0 unspecified atom stereocenters. The first kappa shape index (κ1) is 15.3. The number of aryl methyl sites for hydroxylation is 1. The molecule has 0 aliphatic heterocycles. The maximum absolute atomic E-state index is 11.9. The number of rotatable bonds is 9. The van der Waals surface area contributed by atoms with E-state index in [-0.39, 0.29) is 5.78 Å². The number of unbranched alkanes of at least 4 members (excludes halogenated alkanes) is 2. The second-order valence-electron chi connectivity index (χ2n) is 4.63. The lowest BCUT2D eigenvalue weighted by Gasteiger charge is -2.03. The van der Waals surface area contributed by atoms with Crippen LogP contribution in [0.5, 0.6) is 0 Å². The van der Waals surface area contributed by atoms with Gasteiger partial charge in [-0.2, -0.15) is 11.8 Å². The first-order valence-electron chi connectivity index (χ1n) is 6.97. The maximum Gasteiger partial charge on any atom is 0.172 e. The van der Waals surface area contributed by atoms with E-state index in [2.05, 4.69) is 26.0 Å². The topological polar surface area (TPSA) is 17.1 Å². The van der Waals surface area contributed by atoms with E-state index < -0.39 is 0 Å². The van der Waals surface area contributed by atoms with Crippen molar-refractivity contribution in [2.45, 2.75) is 46.0 Å².